The third-order valence-corrected chi connectivity index (χ3v) is 5.68. The molecule has 0 fully saturated rings. The maximum absolute atomic E-state index is 12.2. The van der Waals surface area contributed by atoms with Crippen LogP contribution in [0, 0.1) is 0 Å². The molecular formula is C23H31N6O14Y-. The molecule has 0 aliphatic carbocycles. The summed E-state index contributed by atoms with van der Waals surface area (Å²) in [7, 11) is 5.89. The van der Waals surface area contributed by atoms with E-state index in [1.807, 2.05) is 0 Å². The monoisotopic (exact) mass is 704 g/mol. The van der Waals surface area contributed by atoms with E-state index >= 15 is 0 Å². The fourth-order valence-electron chi connectivity index (χ4n) is 3.25. The number of aromatic nitrogens is 6. The Bertz CT molecular complexity index is 1580. The molecule has 44 heavy (non-hydrogen) atoms. The van der Waals surface area contributed by atoms with Crippen LogP contribution in [0.15, 0.2) is 28.8 Å². The van der Waals surface area contributed by atoms with Crippen molar-refractivity contribution in [2.75, 3.05) is 28.4 Å². The molecule has 1 radical (unpaired) electrons. The number of carbonyl (C=O) groups is 4. The first-order chi connectivity index (χ1) is 20.2. The molecule has 0 aliphatic heterocycles. The number of ether oxygens (including phenoxy) is 4. The van der Waals surface area contributed by atoms with Crippen molar-refractivity contribution in [1.82, 2.24) is 27.8 Å². The number of carbonyl (C=O) groups excluding carboxylic acids is 4. The number of nitrogens with zero attached hydrogens (tertiary/aromatic N) is 6. The van der Waals surface area contributed by atoms with Gasteiger partial charge in [-0.1, -0.05) is 0 Å². The van der Waals surface area contributed by atoms with Crippen LogP contribution in [0.1, 0.15) is 25.7 Å². The number of hydrogen-bond acceptors (Lipinski definition) is 14. The summed E-state index contributed by atoms with van der Waals surface area (Å²) in [5.41, 5.74) is -5.61. The summed E-state index contributed by atoms with van der Waals surface area (Å²) < 4.78 is 21.2. The van der Waals surface area contributed by atoms with Crippen molar-refractivity contribution in [3.63, 3.8) is 0 Å². The van der Waals surface area contributed by atoms with E-state index in [0.29, 0.717) is 9.13 Å². The van der Waals surface area contributed by atoms with Crippen molar-refractivity contribution in [3.8, 4) is 0 Å². The third-order valence-electron chi connectivity index (χ3n) is 5.68. The Morgan fingerprint density at radius 3 is 1.02 bits per heavy atom. The first-order valence-corrected chi connectivity index (χ1v) is 12.3. The van der Waals surface area contributed by atoms with Gasteiger partial charge in [-0.3, -0.25) is 38.5 Å². The summed E-state index contributed by atoms with van der Waals surface area (Å²) in [5.74, 6) is -2.43. The van der Waals surface area contributed by atoms with Gasteiger partial charge in [-0.15, -0.1) is 0 Å². The first-order valence-electron chi connectivity index (χ1n) is 12.3. The second kappa shape index (κ2) is 19.2. The van der Waals surface area contributed by atoms with Crippen LogP contribution >= 0.6 is 0 Å². The number of methoxy groups -OCH3 is 4. The van der Waals surface area contributed by atoms with Gasteiger partial charge in [-0.2, -0.15) is 0 Å². The minimum absolute atomic E-state index is 0. The molecule has 0 aromatic carbocycles. The molecule has 0 amide bonds. The molecule has 0 unspecified atom stereocenters. The molecule has 0 atom stereocenters. The molecule has 20 nitrogen and oxygen atoms in total. The Morgan fingerprint density at radius 2 is 0.750 bits per heavy atom. The normalized spacial score (nSPS) is 10.0. The van der Waals surface area contributed by atoms with Crippen molar-refractivity contribution < 1.29 is 70.8 Å². The van der Waals surface area contributed by atoms with Gasteiger partial charge in [0.2, 0.25) is 17.1 Å². The molecule has 241 valence electrons. The van der Waals surface area contributed by atoms with Crippen molar-refractivity contribution in [1.29, 1.82) is 0 Å². The van der Waals surface area contributed by atoms with Crippen LogP contribution < -0.4 is 39.1 Å². The van der Waals surface area contributed by atoms with Gasteiger partial charge in [-0.25, -0.2) is 28.1 Å². The van der Waals surface area contributed by atoms with E-state index in [1.54, 1.807) is 0 Å². The Labute approximate surface area is 272 Å². The van der Waals surface area contributed by atoms with Crippen LogP contribution in [-0.2, 0) is 104 Å². The van der Waals surface area contributed by atoms with Gasteiger partial charge < -0.3 is 28.1 Å². The summed E-state index contributed by atoms with van der Waals surface area (Å²) in [6.07, 6.45) is -0.827. The second-order valence-electron chi connectivity index (χ2n) is 8.28. The van der Waals surface area contributed by atoms with Crippen LogP contribution in [0.3, 0.4) is 0 Å². The van der Waals surface area contributed by atoms with Gasteiger partial charge in [0.15, 0.2) is 0 Å². The van der Waals surface area contributed by atoms with Gasteiger partial charge in [0.05, 0.1) is 54.1 Å². The Kier molecular flexibility index (Phi) is 17.3. The van der Waals surface area contributed by atoms with Crippen LogP contribution in [0.25, 0.3) is 0 Å². The number of rotatable bonds is 12. The van der Waals surface area contributed by atoms with Gasteiger partial charge >= 0.3 is 40.9 Å². The zero-order valence-corrected chi connectivity index (χ0v) is 27.5. The van der Waals surface area contributed by atoms with E-state index in [1.165, 1.54) is 35.5 Å². The third kappa shape index (κ3) is 11.1. The van der Waals surface area contributed by atoms with Crippen LogP contribution in [0.5, 0.6) is 0 Å². The zero-order valence-electron chi connectivity index (χ0n) is 24.6. The molecule has 0 spiro atoms. The molecule has 2 aromatic heterocycles. The van der Waals surface area contributed by atoms with E-state index in [-0.39, 0.29) is 84.6 Å². The molecule has 2 aromatic rings. The summed E-state index contributed by atoms with van der Waals surface area (Å²) in [5, 5.41) is 0. The molecule has 0 aliphatic rings. The molecule has 2 rings (SSSR count). The van der Waals surface area contributed by atoms with E-state index in [0.717, 1.165) is 13.7 Å². The number of hydrogen-bond donors (Lipinski definition) is 0. The average Bonchev–Trinajstić information content (AvgIpc) is 2.99. The Balaban J connectivity index is 0.000000823. The number of esters is 4. The van der Waals surface area contributed by atoms with Crippen LogP contribution in [0.2, 0.25) is 0 Å². The molecular weight excluding hydrogens is 673 g/mol. The maximum atomic E-state index is 12.2. The van der Waals surface area contributed by atoms with E-state index < -0.39 is 58.0 Å². The van der Waals surface area contributed by atoms with E-state index in [2.05, 4.69) is 23.9 Å². The Morgan fingerprint density at radius 1 is 0.500 bits per heavy atom. The molecule has 2 heterocycles. The van der Waals surface area contributed by atoms with Gasteiger partial charge in [0.1, 0.15) is 0 Å². The Hall–Kier alpha value is -4.20. The van der Waals surface area contributed by atoms with Crippen molar-refractivity contribution in [3.05, 3.63) is 62.9 Å². The van der Waals surface area contributed by atoms with Crippen molar-refractivity contribution in [2.45, 2.75) is 51.9 Å². The zero-order chi connectivity index (χ0) is 32.9. The SMILES string of the molecule is COC(=O)CCn1c(=O)[n-]c(=O)n(CCC(=O)OC)c1=O.COC(=O)CCn1c(=O)n(C)c(=O)n(CCC(=O)OC)c1=O.[Y]. The molecule has 0 saturated carbocycles. The average molecular weight is 704 g/mol. The summed E-state index contributed by atoms with van der Waals surface area (Å²) in [6.45, 7) is -0.987. The van der Waals surface area contributed by atoms with Gasteiger partial charge in [-0.05, 0) is 13.1 Å². The predicted molar refractivity (Wildman–Crippen MR) is 141 cm³/mol. The van der Waals surface area contributed by atoms with Crippen molar-refractivity contribution in [2.24, 2.45) is 7.05 Å². The van der Waals surface area contributed by atoms with Gasteiger partial charge in [0.25, 0.3) is 0 Å². The second-order valence-corrected chi connectivity index (χ2v) is 8.28. The van der Waals surface area contributed by atoms with Crippen molar-refractivity contribution >= 4 is 23.9 Å². The first kappa shape index (κ1) is 39.8. The molecule has 0 bridgehead atoms. The predicted octanol–water partition coefficient (Wildman–Crippen LogP) is -4.71. The minimum atomic E-state index is -1.05. The summed E-state index contributed by atoms with van der Waals surface area (Å²) >= 11 is 0. The van der Waals surface area contributed by atoms with Crippen LogP contribution in [0.4, 0.5) is 0 Å². The maximum Gasteiger partial charge on any atom is 0.336 e. The molecule has 21 heteroatoms. The fourth-order valence-corrected chi connectivity index (χ4v) is 3.25. The molecule has 0 saturated heterocycles. The largest absolute Gasteiger partial charge is 0.469 e. The topological polar surface area (TPSA) is 246 Å². The smallest absolute Gasteiger partial charge is 0.336 e. The molecule has 0 N–H and O–H groups in total. The van der Waals surface area contributed by atoms with Crippen LogP contribution in [-0.4, -0.2) is 75.2 Å². The standard InChI is InChI=1S/C12H17N3O7.C11H15N3O7.Y/c1-13-10(18)14(6-4-8(16)21-2)12(20)15(11(13)19)7-5-9(17)22-3;1-20-7(15)3-5-13-9(17)12-10(18)14(11(13)19)6-4-8(16)21-2;/h4-7H2,1-3H3;3-6H2,1-2H3,(H,12,17,18);/p-1. The van der Waals surface area contributed by atoms with Gasteiger partial charge in [0, 0.05) is 52.8 Å². The quantitative estimate of drug-likeness (QED) is 0.149. The summed E-state index contributed by atoms with van der Waals surface area (Å²) in [6, 6.07) is 0. The minimum Gasteiger partial charge on any atom is -0.469 e. The van der Waals surface area contributed by atoms with E-state index in [9.17, 15) is 47.9 Å². The fraction of sp³-hybridized carbons (Fsp3) is 0.565. The summed E-state index contributed by atoms with van der Waals surface area (Å²) in [4.78, 5) is 118. The van der Waals surface area contributed by atoms with E-state index in [4.69, 9.17) is 0 Å².